The number of hydrogen-bond donors (Lipinski definition) is 1. The SMILES string of the molecule is CCNC(c1ccc(F)cc1C)c1snnc1C. The van der Waals surface area contributed by atoms with Gasteiger partial charge < -0.3 is 5.32 Å². The van der Waals surface area contributed by atoms with Gasteiger partial charge in [-0.2, -0.15) is 0 Å². The lowest BCUT2D eigenvalue weighted by Gasteiger charge is -2.19. The van der Waals surface area contributed by atoms with Crippen LogP contribution in [0.5, 0.6) is 0 Å². The van der Waals surface area contributed by atoms with Gasteiger partial charge >= 0.3 is 0 Å². The molecule has 0 fully saturated rings. The fraction of sp³-hybridized carbons (Fsp3) is 0.385. The van der Waals surface area contributed by atoms with Gasteiger partial charge in [-0.1, -0.05) is 17.5 Å². The summed E-state index contributed by atoms with van der Waals surface area (Å²) in [5.41, 5.74) is 2.94. The van der Waals surface area contributed by atoms with Crippen molar-refractivity contribution in [2.75, 3.05) is 6.54 Å². The molecule has 1 unspecified atom stereocenters. The molecule has 1 aromatic heterocycles. The first-order valence-electron chi connectivity index (χ1n) is 5.91. The van der Waals surface area contributed by atoms with Crippen LogP contribution >= 0.6 is 11.5 Å². The standard InChI is InChI=1S/C13H16FN3S/c1-4-15-12(13-9(3)16-17-18-13)11-6-5-10(14)7-8(11)2/h5-7,12,15H,4H2,1-3H3. The van der Waals surface area contributed by atoms with Crippen LogP contribution < -0.4 is 5.32 Å². The van der Waals surface area contributed by atoms with Crippen molar-refractivity contribution in [3.05, 3.63) is 45.7 Å². The third kappa shape index (κ3) is 2.57. The minimum atomic E-state index is -0.203. The second-order valence-corrected chi connectivity index (χ2v) is 5.00. The van der Waals surface area contributed by atoms with Crippen LogP contribution in [0.25, 0.3) is 0 Å². The van der Waals surface area contributed by atoms with Gasteiger partial charge in [0.15, 0.2) is 0 Å². The molecular weight excluding hydrogens is 249 g/mol. The van der Waals surface area contributed by atoms with E-state index in [-0.39, 0.29) is 11.9 Å². The Balaban J connectivity index is 2.45. The van der Waals surface area contributed by atoms with Gasteiger partial charge in [0, 0.05) is 0 Å². The van der Waals surface area contributed by atoms with Crippen LogP contribution in [0.1, 0.15) is 34.7 Å². The summed E-state index contributed by atoms with van der Waals surface area (Å²) < 4.78 is 17.2. The molecule has 0 bridgehead atoms. The quantitative estimate of drug-likeness (QED) is 0.923. The molecule has 2 rings (SSSR count). The number of halogens is 1. The molecule has 0 saturated carbocycles. The van der Waals surface area contributed by atoms with Gasteiger partial charge in [0.05, 0.1) is 16.6 Å². The van der Waals surface area contributed by atoms with E-state index in [0.29, 0.717) is 0 Å². The Bertz CT molecular complexity index is 539. The van der Waals surface area contributed by atoms with Crippen LogP contribution in [0, 0.1) is 19.7 Å². The fourth-order valence-corrected chi connectivity index (χ4v) is 2.75. The molecule has 1 aromatic carbocycles. The summed E-state index contributed by atoms with van der Waals surface area (Å²) in [6, 6.07) is 4.92. The summed E-state index contributed by atoms with van der Waals surface area (Å²) in [5.74, 6) is -0.203. The molecule has 0 amide bonds. The predicted molar refractivity (Wildman–Crippen MR) is 71.3 cm³/mol. The van der Waals surface area contributed by atoms with Crippen molar-refractivity contribution in [2.45, 2.75) is 26.8 Å². The van der Waals surface area contributed by atoms with Gasteiger partial charge in [-0.05, 0) is 55.2 Å². The summed E-state index contributed by atoms with van der Waals surface area (Å²) in [4.78, 5) is 1.09. The minimum Gasteiger partial charge on any atom is -0.306 e. The maximum atomic E-state index is 13.2. The van der Waals surface area contributed by atoms with Gasteiger partial charge in [-0.25, -0.2) is 4.39 Å². The van der Waals surface area contributed by atoms with E-state index in [1.165, 1.54) is 17.6 Å². The molecule has 1 N–H and O–H groups in total. The Labute approximate surface area is 110 Å². The van der Waals surface area contributed by atoms with Crippen molar-refractivity contribution in [1.29, 1.82) is 0 Å². The topological polar surface area (TPSA) is 37.8 Å². The smallest absolute Gasteiger partial charge is 0.123 e. The first-order valence-corrected chi connectivity index (χ1v) is 6.69. The molecule has 0 aliphatic carbocycles. The van der Waals surface area contributed by atoms with E-state index >= 15 is 0 Å². The van der Waals surface area contributed by atoms with E-state index in [1.807, 2.05) is 19.9 Å². The normalized spacial score (nSPS) is 12.7. The van der Waals surface area contributed by atoms with E-state index < -0.39 is 0 Å². The largest absolute Gasteiger partial charge is 0.306 e. The Morgan fingerprint density at radius 2 is 2.17 bits per heavy atom. The van der Waals surface area contributed by atoms with Crippen molar-refractivity contribution < 1.29 is 4.39 Å². The number of aromatic nitrogens is 2. The minimum absolute atomic E-state index is 0.0376. The zero-order valence-electron chi connectivity index (χ0n) is 10.7. The highest BCUT2D eigenvalue weighted by Crippen LogP contribution is 2.29. The van der Waals surface area contributed by atoms with Crippen LogP contribution in [-0.2, 0) is 0 Å². The maximum absolute atomic E-state index is 13.2. The van der Waals surface area contributed by atoms with E-state index in [2.05, 4.69) is 21.8 Å². The number of aryl methyl sites for hydroxylation is 2. The molecule has 0 aliphatic rings. The molecule has 0 spiro atoms. The van der Waals surface area contributed by atoms with E-state index in [0.717, 1.165) is 28.2 Å². The van der Waals surface area contributed by atoms with Crippen molar-refractivity contribution in [1.82, 2.24) is 14.9 Å². The second-order valence-electron chi connectivity index (χ2n) is 4.21. The fourth-order valence-electron chi connectivity index (χ4n) is 2.01. The molecular formula is C13H16FN3S. The monoisotopic (exact) mass is 265 g/mol. The van der Waals surface area contributed by atoms with Gasteiger partial charge in [-0.3, -0.25) is 0 Å². The number of rotatable bonds is 4. The van der Waals surface area contributed by atoms with Crippen molar-refractivity contribution >= 4 is 11.5 Å². The highest BCUT2D eigenvalue weighted by molar-refractivity contribution is 7.05. The third-order valence-electron chi connectivity index (χ3n) is 2.90. The Morgan fingerprint density at radius 3 is 2.72 bits per heavy atom. The summed E-state index contributed by atoms with van der Waals surface area (Å²) in [7, 11) is 0. The average Bonchev–Trinajstić information content (AvgIpc) is 2.73. The zero-order valence-corrected chi connectivity index (χ0v) is 11.5. The molecule has 18 heavy (non-hydrogen) atoms. The Morgan fingerprint density at radius 1 is 1.39 bits per heavy atom. The number of hydrogen-bond acceptors (Lipinski definition) is 4. The lowest BCUT2D eigenvalue weighted by Crippen LogP contribution is -2.22. The zero-order chi connectivity index (χ0) is 13.1. The molecule has 0 saturated heterocycles. The second kappa shape index (κ2) is 5.54. The third-order valence-corrected chi connectivity index (χ3v) is 3.79. The number of nitrogens with zero attached hydrogens (tertiary/aromatic N) is 2. The van der Waals surface area contributed by atoms with Crippen LogP contribution in [0.2, 0.25) is 0 Å². The predicted octanol–water partition coefficient (Wildman–Crippen LogP) is 2.99. The van der Waals surface area contributed by atoms with E-state index in [1.54, 1.807) is 6.07 Å². The van der Waals surface area contributed by atoms with Crippen molar-refractivity contribution in [3.8, 4) is 0 Å². The van der Waals surface area contributed by atoms with Crippen molar-refractivity contribution in [2.24, 2.45) is 0 Å². The van der Waals surface area contributed by atoms with E-state index in [9.17, 15) is 4.39 Å². The summed E-state index contributed by atoms with van der Waals surface area (Å²) >= 11 is 1.39. The number of benzene rings is 1. The summed E-state index contributed by atoms with van der Waals surface area (Å²) in [6.07, 6.45) is 0. The van der Waals surface area contributed by atoms with Crippen LogP contribution in [0.3, 0.4) is 0 Å². The molecule has 96 valence electrons. The number of nitrogens with one attached hydrogen (secondary N) is 1. The van der Waals surface area contributed by atoms with Crippen LogP contribution in [0.15, 0.2) is 18.2 Å². The lowest BCUT2D eigenvalue weighted by atomic mass is 9.99. The summed E-state index contributed by atoms with van der Waals surface area (Å²) in [5, 5.41) is 7.46. The molecule has 0 radical (unpaired) electrons. The molecule has 1 atom stereocenters. The van der Waals surface area contributed by atoms with Gasteiger partial charge in [0.1, 0.15) is 5.82 Å². The van der Waals surface area contributed by atoms with Gasteiger partial charge in [0.2, 0.25) is 0 Å². The summed E-state index contributed by atoms with van der Waals surface area (Å²) in [6.45, 7) is 6.75. The highest BCUT2D eigenvalue weighted by atomic mass is 32.1. The van der Waals surface area contributed by atoms with E-state index in [4.69, 9.17) is 0 Å². The average molecular weight is 265 g/mol. The van der Waals surface area contributed by atoms with Gasteiger partial charge in [0.25, 0.3) is 0 Å². The highest BCUT2D eigenvalue weighted by Gasteiger charge is 2.20. The molecule has 1 heterocycles. The Hall–Kier alpha value is -1.33. The lowest BCUT2D eigenvalue weighted by molar-refractivity contribution is 0.612. The first-order chi connectivity index (χ1) is 8.63. The maximum Gasteiger partial charge on any atom is 0.123 e. The molecule has 2 aromatic rings. The van der Waals surface area contributed by atoms with Crippen LogP contribution in [0.4, 0.5) is 4.39 Å². The molecule has 5 heteroatoms. The molecule has 0 aliphatic heterocycles. The first kappa shape index (κ1) is 13.1. The molecule has 3 nitrogen and oxygen atoms in total. The van der Waals surface area contributed by atoms with Crippen molar-refractivity contribution in [3.63, 3.8) is 0 Å². The Kier molecular flexibility index (Phi) is 4.04. The van der Waals surface area contributed by atoms with Gasteiger partial charge in [-0.15, -0.1) is 5.10 Å². The van der Waals surface area contributed by atoms with Crippen LogP contribution in [-0.4, -0.2) is 16.1 Å².